The van der Waals surface area contributed by atoms with Crippen molar-refractivity contribution < 1.29 is 19.7 Å². The molecular weight excluding hydrogens is 268 g/mol. The lowest BCUT2D eigenvalue weighted by Crippen LogP contribution is -2.06. The fourth-order valence-electron chi connectivity index (χ4n) is 2.21. The molecule has 2 aromatic carbocycles. The summed E-state index contributed by atoms with van der Waals surface area (Å²) in [5.41, 5.74) is 0.128. The number of unbranched alkanes of at least 4 members (excludes halogenated alkanes) is 3. The molecule has 112 valence electrons. The first-order valence-corrected chi connectivity index (χ1v) is 7.24. The number of ether oxygens (including phenoxy) is 1. The highest BCUT2D eigenvalue weighted by Crippen LogP contribution is 2.28. The molecule has 4 nitrogen and oxygen atoms in total. The van der Waals surface area contributed by atoms with Crippen LogP contribution < -0.4 is 0 Å². The topological polar surface area (TPSA) is 66.8 Å². The van der Waals surface area contributed by atoms with Crippen LogP contribution >= 0.6 is 0 Å². The van der Waals surface area contributed by atoms with Gasteiger partial charge in [-0.05, 0) is 41.5 Å². The van der Waals surface area contributed by atoms with Crippen molar-refractivity contribution >= 4 is 16.7 Å². The molecule has 0 fully saturated rings. The van der Waals surface area contributed by atoms with Gasteiger partial charge in [0, 0.05) is 0 Å². The molecule has 21 heavy (non-hydrogen) atoms. The van der Waals surface area contributed by atoms with Crippen LogP contribution in [0.5, 0.6) is 11.5 Å². The molecule has 2 rings (SSSR count). The standard InChI is InChI=1S/C17H20O4/c1-2-3-4-5-8-21-17(20)15-10-13-9-14(18)7-6-12(13)11-16(15)19/h6-7,9-11,18-19H,2-5,8H2,1H3. The number of carbonyl (C=O) groups is 1. The summed E-state index contributed by atoms with van der Waals surface area (Å²) in [5.74, 6) is -0.520. The van der Waals surface area contributed by atoms with Gasteiger partial charge < -0.3 is 14.9 Å². The van der Waals surface area contributed by atoms with Crippen molar-refractivity contribution in [2.45, 2.75) is 32.6 Å². The van der Waals surface area contributed by atoms with Crippen LogP contribution in [0, 0.1) is 0 Å². The van der Waals surface area contributed by atoms with Gasteiger partial charge in [0.2, 0.25) is 0 Å². The maximum absolute atomic E-state index is 12.0. The van der Waals surface area contributed by atoms with Crippen molar-refractivity contribution in [2.75, 3.05) is 6.61 Å². The fraction of sp³-hybridized carbons (Fsp3) is 0.353. The Morgan fingerprint density at radius 1 is 1.05 bits per heavy atom. The summed E-state index contributed by atoms with van der Waals surface area (Å²) in [4.78, 5) is 12.0. The van der Waals surface area contributed by atoms with Crippen molar-refractivity contribution in [3.63, 3.8) is 0 Å². The Bertz CT molecular complexity index is 634. The van der Waals surface area contributed by atoms with Gasteiger partial charge in [-0.25, -0.2) is 4.79 Å². The van der Waals surface area contributed by atoms with E-state index in [2.05, 4.69) is 6.92 Å². The van der Waals surface area contributed by atoms with Crippen molar-refractivity contribution in [3.05, 3.63) is 35.9 Å². The SMILES string of the molecule is CCCCCCOC(=O)c1cc2cc(O)ccc2cc1O. The van der Waals surface area contributed by atoms with Gasteiger partial charge in [-0.2, -0.15) is 0 Å². The average Bonchev–Trinajstić information content (AvgIpc) is 2.46. The van der Waals surface area contributed by atoms with Crippen LogP contribution in [-0.2, 0) is 4.74 Å². The summed E-state index contributed by atoms with van der Waals surface area (Å²) in [6.45, 7) is 2.48. The number of aromatic hydroxyl groups is 2. The monoisotopic (exact) mass is 288 g/mol. The lowest BCUT2D eigenvalue weighted by atomic mass is 10.1. The molecule has 0 bridgehead atoms. The molecule has 0 aliphatic carbocycles. The van der Waals surface area contributed by atoms with Gasteiger partial charge in [0.05, 0.1) is 6.61 Å². The second kappa shape index (κ2) is 6.97. The molecule has 2 aromatic rings. The Morgan fingerprint density at radius 3 is 2.62 bits per heavy atom. The molecular formula is C17H20O4. The van der Waals surface area contributed by atoms with Gasteiger partial charge in [0.25, 0.3) is 0 Å². The average molecular weight is 288 g/mol. The van der Waals surface area contributed by atoms with Crippen LogP contribution in [0.15, 0.2) is 30.3 Å². The van der Waals surface area contributed by atoms with Crippen molar-refractivity contribution in [2.24, 2.45) is 0 Å². The number of hydrogen-bond acceptors (Lipinski definition) is 4. The molecule has 0 heterocycles. The first kappa shape index (κ1) is 15.2. The number of fused-ring (bicyclic) bond motifs is 1. The summed E-state index contributed by atoms with van der Waals surface area (Å²) < 4.78 is 5.17. The molecule has 2 N–H and O–H groups in total. The smallest absolute Gasteiger partial charge is 0.341 e. The lowest BCUT2D eigenvalue weighted by molar-refractivity contribution is 0.0495. The number of carbonyl (C=O) groups excluding carboxylic acids is 1. The van der Waals surface area contributed by atoms with E-state index in [1.165, 1.54) is 12.1 Å². The maximum Gasteiger partial charge on any atom is 0.341 e. The minimum Gasteiger partial charge on any atom is -0.508 e. The van der Waals surface area contributed by atoms with E-state index in [1.54, 1.807) is 18.2 Å². The van der Waals surface area contributed by atoms with E-state index in [1.807, 2.05) is 0 Å². The van der Waals surface area contributed by atoms with E-state index in [4.69, 9.17) is 4.74 Å². The molecule has 0 saturated carbocycles. The number of rotatable bonds is 6. The van der Waals surface area contributed by atoms with E-state index < -0.39 is 5.97 Å². The molecule has 0 atom stereocenters. The lowest BCUT2D eigenvalue weighted by Gasteiger charge is -2.08. The summed E-state index contributed by atoms with van der Waals surface area (Å²) in [6.07, 6.45) is 4.11. The minimum absolute atomic E-state index is 0.105. The summed E-state index contributed by atoms with van der Waals surface area (Å²) in [5, 5.41) is 20.8. The van der Waals surface area contributed by atoms with Crippen molar-refractivity contribution in [1.29, 1.82) is 0 Å². The Kier molecular flexibility index (Phi) is 5.04. The zero-order valence-electron chi connectivity index (χ0n) is 12.1. The predicted molar refractivity (Wildman–Crippen MR) is 81.7 cm³/mol. The van der Waals surface area contributed by atoms with E-state index in [0.717, 1.165) is 31.1 Å². The van der Waals surface area contributed by atoms with Crippen LogP contribution in [0.3, 0.4) is 0 Å². The zero-order valence-corrected chi connectivity index (χ0v) is 12.1. The predicted octanol–water partition coefficient (Wildman–Crippen LogP) is 3.99. The highest BCUT2D eigenvalue weighted by molar-refractivity contribution is 5.98. The Balaban J connectivity index is 2.09. The fourth-order valence-corrected chi connectivity index (χ4v) is 2.21. The van der Waals surface area contributed by atoms with Gasteiger partial charge in [-0.3, -0.25) is 0 Å². The zero-order chi connectivity index (χ0) is 15.2. The molecule has 0 aliphatic rings. The van der Waals surface area contributed by atoms with Gasteiger partial charge in [0.15, 0.2) is 0 Å². The molecule has 0 radical (unpaired) electrons. The quantitative estimate of drug-likeness (QED) is 0.623. The number of esters is 1. The van der Waals surface area contributed by atoms with Crippen LogP contribution in [0.1, 0.15) is 43.0 Å². The highest BCUT2D eigenvalue weighted by Gasteiger charge is 2.14. The van der Waals surface area contributed by atoms with Gasteiger partial charge in [0.1, 0.15) is 17.1 Å². The number of benzene rings is 2. The first-order chi connectivity index (χ1) is 10.1. The van der Waals surface area contributed by atoms with E-state index in [-0.39, 0.29) is 17.1 Å². The van der Waals surface area contributed by atoms with Gasteiger partial charge in [-0.1, -0.05) is 32.3 Å². The third kappa shape index (κ3) is 3.88. The van der Waals surface area contributed by atoms with Gasteiger partial charge in [-0.15, -0.1) is 0 Å². The van der Waals surface area contributed by atoms with Gasteiger partial charge >= 0.3 is 5.97 Å². The summed E-state index contributed by atoms with van der Waals surface area (Å²) in [6, 6.07) is 7.81. The Labute approximate surface area is 124 Å². The van der Waals surface area contributed by atoms with Crippen LogP contribution in [0.2, 0.25) is 0 Å². The molecule has 0 spiro atoms. The molecule has 0 aromatic heterocycles. The number of hydrogen-bond donors (Lipinski definition) is 2. The molecule has 0 amide bonds. The van der Waals surface area contributed by atoms with Crippen LogP contribution in [-0.4, -0.2) is 22.8 Å². The third-order valence-corrected chi connectivity index (χ3v) is 3.39. The Hall–Kier alpha value is -2.23. The largest absolute Gasteiger partial charge is 0.508 e. The summed E-state index contributed by atoms with van der Waals surface area (Å²) in [7, 11) is 0. The summed E-state index contributed by atoms with van der Waals surface area (Å²) >= 11 is 0. The highest BCUT2D eigenvalue weighted by atomic mass is 16.5. The molecule has 4 heteroatoms. The number of phenolic OH excluding ortho intramolecular Hbond substituents is 2. The minimum atomic E-state index is -0.533. The van der Waals surface area contributed by atoms with E-state index in [9.17, 15) is 15.0 Å². The van der Waals surface area contributed by atoms with E-state index in [0.29, 0.717) is 12.0 Å². The van der Waals surface area contributed by atoms with Crippen LogP contribution in [0.4, 0.5) is 0 Å². The molecule has 0 unspecified atom stereocenters. The van der Waals surface area contributed by atoms with E-state index >= 15 is 0 Å². The second-order valence-electron chi connectivity index (χ2n) is 5.10. The number of phenols is 2. The normalized spacial score (nSPS) is 10.7. The van der Waals surface area contributed by atoms with Crippen molar-refractivity contribution in [1.82, 2.24) is 0 Å². The second-order valence-corrected chi connectivity index (χ2v) is 5.10. The van der Waals surface area contributed by atoms with Crippen molar-refractivity contribution in [3.8, 4) is 11.5 Å². The third-order valence-electron chi connectivity index (χ3n) is 3.39. The first-order valence-electron chi connectivity index (χ1n) is 7.24. The van der Waals surface area contributed by atoms with Crippen LogP contribution in [0.25, 0.3) is 10.8 Å². The molecule has 0 aliphatic heterocycles. The maximum atomic E-state index is 12.0. The molecule has 0 saturated heterocycles. The Morgan fingerprint density at radius 2 is 1.86 bits per heavy atom.